The fraction of sp³-hybridized carbons (Fsp3) is 0.381. The molecule has 1 amide bonds. The Balaban J connectivity index is 1.66. The number of hydrogen-bond donors (Lipinski definition) is 0. The summed E-state index contributed by atoms with van der Waals surface area (Å²) >= 11 is 5.77. The summed E-state index contributed by atoms with van der Waals surface area (Å²) in [7, 11) is 4.75. The van der Waals surface area contributed by atoms with Crippen LogP contribution in [0, 0.1) is 5.82 Å². The van der Waals surface area contributed by atoms with Crippen LogP contribution >= 0.6 is 11.6 Å². The van der Waals surface area contributed by atoms with E-state index in [-0.39, 0.29) is 16.5 Å². The van der Waals surface area contributed by atoms with Crippen molar-refractivity contribution in [3.63, 3.8) is 0 Å². The molecule has 0 spiro atoms. The lowest BCUT2D eigenvalue weighted by atomic mass is 10.1. The van der Waals surface area contributed by atoms with Crippen LogP contribution in [0.2, 0.25) is 5.02 Å². The minimum absolute atomic E-state index is 0.0458. The standard InChI is InChI=1S/C21H24ClFN2O4/c1-27-18-7-4-14(19(28-2)20(18)29-3)13-24-8-10-25(11-9-24)21(26)16-6-5-15(22)12-17(16)23/h4-7,12H,8-11,13H2,1-3H3. The van der Waals surface area contributed by atoms with Gasteiger partial charge in [0.05, 0.1) is 26.9 Å². The molecule has 0 radical (unpaired) electrons. The van der Waals surface area contributed by atoms with E-state index in [1.807, 2.05) is 12.1 Å². The zero-order chi connectivity index (χ0) is 21.0. The van der Waals surface area contributed by atoms with Gasteiger partial charge in [-0.1, -0.05) is 17.7 Å². The lowest BCUT2D eigenvalue weighted by Gasteiger charge is -2.35. The highest BCUT2D eigenvalue weighted by Crippen LogP contribution is 2.40. The Morgan fingerprint density at radius 3 is 2.28 bits per heavy atom. The van der Waals surface area contributed by atoms with Gasteiger partial charge in [-0.05, 0) is 24.3 Å². The summed E-state index contributed by atoms with van der Waals surface area (Å²) in [6.45, 7) is 2.99. The Hall–Kier alpha value is -2.51. The number of ether oxygens (including phenoxy) is 3. The molecule has 0 atom stereocenters. The average molecular weight is 423 g/mol. The molecule has 1 fully saturated rings. The van der Waals surface area contributed by atoms with E-state index in [9.17, 15) is 9.18 Å². The van der Waals surface area contributed by atoms with Crippen molar-refractivity contribution in [2.75, 3.05) is 47.5 Å². The van der Waals surface area contributed by atoms with Gasteiger partial charge in [-0.25, -0.2) is 4.39 Å². The van der Waals surface area contributed by atoms with Crippen LogP contribution in [-0.2, 0) is 6.54 Å². The van der Waals surface area contributed by atoms with E-state index in [0.717, 1.165) is 11.6 Å². The van der Waals surface area contributed by atoms with Crippen molar-refractivity contribution in [3.05, 3.63) is 52.3 Å². The third-order valence-corrected chi connectivity index (χ3v) is 5.24. The van der Waals surface area contributed by atoms with E-state index in [1.54, 1.807) is 26.2 Å². The highest BCUT2D eigenvalue weighted by atomic mass is 35.5. The van der Waals surface area contributed by atoms with Crippen molar-refractivity contribution in [2.24, 2.45) is 0 Å². The highest BCUT2D eigenvalue weighted by Gasteiger charge is 2.25. The molecule has 0 aromatic heterocycles. The summed E-state index contributed by atoms with van der Waals surface area (Å²) in [5, 5.41) is 0.271. The lowest BCUT2D eigenvalue weighted by Crippen LogP contribution is -2.48. The molecular formula is C21H24ClFN2O4. The molecular weight excluding hydrogens is 399 g/mol. The first kappa shape index (κ1) is 21.2. The van der Waals surface area contributed by atoms with Gasteiger partial charge in [0.2, 0.25) is 5.75 Å². The van der Waals surface area contributed by atoms with Gasteiger partial charge < -0.3 is 19.1 Å². The van der Waals surface area contributed by atoms with E-state index < -0.39 is 5.82 Å². The molecule has 2 aromatic rings. The number of carbonyl (C=O) groups excluding carboxylic acids is 1. The first-order valence-corrected chi connectivity index (χ1v) is 9.60. The van der Waals surface area contributed by atoms with Crippen LogP contribution < -0.4 is 14.2 Å². The summed E-state index contributed by atoms with van der Waals surface area (Å²) in [5.74, 6) is 0.879. The third-order valence-electron chi connectivity index (χ3n) is 5.00. The van der Waals surface area contributed by atoms with Gasteiger partial charge in [0, 0.05) is 43.3 Å². The molecule has 2 aromatic carbocycles. The summed E-state index contributed by atoms with van der Waals surface area (Å²) in [6, 6.07) is 7.91. The zero-order valence-electron chi connectivity index (χ0n) is 16.7. The second-order valence-electron chi connectivity index (χ2n) is 6.69. The van der Waals surface area contributed by atoms with Crippen LogP contribution in [0.25, 0.3) is 0 Å². The number of methoxy groups -OCH3 is 3. The van der Waals surface area contributed by atoms with Crippen molar-refractivity contribution in [1.29, 1.82) is 0 Å². The first-order chi connectivity index (χ1) is 14.0. The summed E-state index contributed by atoms with van der Waals surface area (Å²) in [5.41, 5.74) is 1.01. The molecule has 0 bridgehead atoms. The quantitative estimate of drug-likeness (QED) is 0.713. The van der Waals surface area contributed by atoms with Gasteiger partial charge >= 0.3 is 0 Å². The number of amides is 1. The fourth-order valence-corrected chi connectivity index (χ4v) is 3.63. The Labute approximate surface area is 174 Å². The van der Waals surface area contributed by atoms with Crippen molar-refractivity contribution in [2.45, 2.75) is 6.54 Å². The predicted molar refractivity (Wildman–Crippen MR) is 109 cm³/mol. The number of carbonyl (C=O) groups is 1. The molecule has 1 aliphatic heterocycles. The number of benzene rings is 2. The summed E-state index contributed by atoms with van der Waals surface area (Å²) in [6.07, 6.45) is 0. The van der Waals surface area contributed by atoms with Crippen LogP contribution in [0.1, 0.15) is 15.9 Å². The lowest BCUT2D eigenvalue weighted by molar-refractivity contribution is 0.0623. The molecule has 29 heavy (non-hydrogen) atoms. The van der Waals surface area contributed by atoms with Crippen LogP contribution in [-0.4, -0.2) is 63.2 Å². The first-order valence-electron chi connectivity index (χ1n) is 9.23. The minimum atomic E-state index is -0.597. The third kappa shape index (κ3) is 4.57. The SMILES string of the molecule is COc1ccc(CN2CCN(C(=O)c3ccc(Cl)cc3F)CC2)c(OC)c1OC. The number of nitrogens with zero attached hydrogens (tertiary/aromatic N) is 2. The van der Waals surface area contributed by atoms with Gasteiger partial charge in [-0.2, -0.15) is 0 Å². The van der Waals surface area contributed by atoms with E-state index >= 15 is 0 Å². The van der Waals surface area contributed by atoms with Gasteiger partial charge in [-0.15, -0.1) is 0 Å². The Morgan fingerprint density at radius 1 is 1.00 bits per heavy atom. The number of halogens is 2. The molecule has 6 nitrogen and oxygen atoms in total. The van der Waals surface area contributed by atoms with Gasteiger partial charge in [0.1, 0.15) is 5.82 Å². The Morgan fingerprint density at radius 2 is 1.69 bits per heavy atom. The minimum Gasteiger partial charge on any atom is -0.493 e. The molecule has 0 aliphatic carbocycles. The molecule has 3 rings (SSSR count). The Bertz CT molecular complexity index is 885. The maximum Gasteiger partial charge on any atom is 0.256 e. The van der Waals surface area contributed by atoms with Gasteiger partial charge in [0.15, 0.2) is 11.5 Å². The molecule has 1 saturated heterocycles. The maximum absolute atomic E-state index is 14.1. The highest BCUT2D eigenvalue weighted by molar-refractivity contribution is 6.30. The van der Waals surface area contributed by atoms with E-state index in [4.69, 9.17) is 25.8 Å². The second-order valence-corrected chi connectivity index (χ2v) is 7.12. The summed E-state index contributed by atoms with van der Waals surface area (Å²) < 4.78 is 30.4. The van der Waals surface area contributed by atoms with E-state index in [1.165, 1.54) is 12.1 Å². The number of rotatable bonds is 6. The Kier molecular flexibility index (Phi) is 6.82. The van der Waals surface area contributed by atoms with Gasteiger partial charge in [-0.3, -0.25) is 9.69 Å². The number of piperazine rings is 1. The van der Waals surface area contributed by atoms with Crippen molar-refractivity contribution >= 4 is 17.5 Å². The van der Waals surface area contributed by atoms with Crippen LogP contribution in [0.4, 0.5) is 4.39 Å². The molecule has 0 saturated carbocycles. The molecule has 156 valence electrons. The topological polar surface area (TPSA) is 51.2 Å². The monoisotopic (exact) mass is 422 g/mol. The molecule has 1 heterocycles. The van der Waals surface area contributed by atoms with Crippen molar-refractivity contribution in [1.82, 2.24) is 9.80 Å². The van der Waals surface area contributed by atoms with Crippen LogP contribution in [0.3, 0.4) is 0 Å². The normalized spacial score (nSPS) is 14.6. The maximum atomic E-state index is 14.1. The second kappa shape index (κ2) is 9.33. The smallest absolute Gasteiger partial charge is 0.256 e. The van der Waals surface area contributed by atoms with E-state index in [0.29, 0.717) is 50.0 Å². The van der Waals surface area contributed by atoms with Crippen molar-refractivity contribution in [3.8, 4) is 17.2 Å². The van der Waals surface area contributed by atoms with Crippen molar-refractivity contribution < 1.29 is 23.4 Å². The van der Waals surface area contributed by atoms with Gasteiger partial charge in [0.25, 0.3) is 5.91 Å². The molecule has 8 heteroatoms. The largest absolute Gasteiger partial charge is 0.493 e. The number of hydrogen-bond acceptors (Lipinski definition) is 5. The van der Waals surface area contributed by atoms with E-state index in [2.05, 4.69) is 4.90 Å². The van der Waals surface area contributed by atoms with Crippen LogP contribution in [0.5, 0.6) is 17.2 Å². The predicted octanol–water partition coefficient (Wildman–Crippen LogP) is 3.46. The molecule has 1 aliphatic rings. The molecule has 0 unspecified atom stereocenters. The zero-order valence-corrected chi connectivity index (χ0v) is 17.5. The summed E-state index contributed by atoms with van der Waals surface area (Å²) in [4.78, 5) is 16.5. The molecule has 0 N–H and O–H groups in total. The average Bonchev–Trinajstić information content (AvgIpc) is 2.73. The fourth-order valence-electron chi connectivity index (χ4n) is 3.47. The van der Waals surface area contributed by atoms with Crippen LogP contribution in [0.15, 0.2) is 30.3 Å².